The Kier molecular flexibility index (Phi) is 5.64. The zero-order valence-corrected chi connectivity index (χ0v) is 17.5. The maximum absolute atomic E-state index is 12.9. The van der Waals surface area contributed by atoms with E-state index in [1.807, 2.05) is 55.5 Å². The van der Waals surface area contributed by atoms with E-state index in [1.54, 1.807) is 0 Å². The number of carbonyl (C=O) groups excluding carboxylic acids is 1. The molecule has 0 saturated heterocycles. The number of amides is 1. The Balaban J connectivity index is 1.57. The highest BCUT2D eigenvalue weighted by Gasteiger charge is 2.36. The lowest BCUT2D eigenvalue weighted by Gasteiger charge is -2.22. The number of aromatic nitrogens is 1. The van der Waals surface area contributed by atoms with Gasteiger partial charge in [0.25, 0.3) is 5.91 Å². The van der Waals surface area contributed by atoms with Gasteiger partial charge in [0, 0.05) is 29.4 Å². The molecule has 0 unspecified atom stereocenters. The Bertz CT molecular complexity index is 1190. The van der Waals surface area contributed by atoms with Crippen LogP contribution < -0.4 is 10.0 Å². The Hall–Kier alpha value is -2.68. The SMILES string of the molecule is Cc1ccc2[nH]c(C(=O)N[C@@H]3Cc4ccccc4[C@H]3CS(=O)(=O)NCCO)cc2c1. The van der Waals surface area contributed by atoms with E-state index in [0.29, 0.717) is 12.1 Å². The van der Waals surface area contributed by atoms with Gasteiger partial charge < -0.3 is 15.4 Å². The monoisotopic (exact) mass is 427 g/mol. The Morgan fingerprint density at radius 3 is 2.80 bits per heavy atom. The zero-order valence-electron chi connectivity index (χ0n) is 16.7. The number of H-pyrrole nitrogens is 1. The van der Waals surface area contributed by atoms with Crippen LogP contribution in [0, 0.1) is 6.92 Å². The molecule has 0 spiro atoms. The third-order valence-corrected chi connectivity index (χ3v) is 6.99. The van der Waals surface area contributed by atoms with Crippen molar-refractivity contribution < 1.29 is 18.3 Å². The third kappa shape index (κ3) is 4.26. The molecule has 7 nitrogen and oxygen atoms in total. The first-order valence-corrected chi connectivity index (χ1v) is 11.6. The number of hydrogen-bond donors (Lipinski definition) is 4. The lowest BCUT2D eigenvalue weighted by atomic mass is 10.0. The summed E-state index contributed by atoms with van der Waals surface area (Å²) in [6.07, 6.45) is 0.571. The van der Waals surface area contributed by atoms with Crippen molar-refractivity contribution in [2.45, 2.75) is 25.3 Å². The summed E-state index contributed by atoms with van der Waals surface area (Å²) in [6.45, 7) is 1.71. The highest BCUT2D eigenvalue weighted by atomic mass is 32.2. The molecule has 1 aromatic heterocycles. The van der Waals surface area contributed by atoms with E-state index in [9.17, 15) is 13.2 Å². The van der Waals surface area contributed by atoms with Gasteiger partial charge in [0.15, 0.2) is 0 Å². The number of fused-ring (bicyclic) bond motifs is 2. The minimum Gasteiger partial charge on any atom is -0.395 e. The van der Waals surface area contributed by atoms with Crippen LogP contribution in [0.4, 0.5) is 0 Å². The molecule has 1 amide bonds. The number of rotatable bonds is 7. The first-order valence-electron chi connectivity index (χ1n) is 9.92. The number of aliphatic hydroxyl groups excluding tert-OH is 1. The molecule has 0 fully saturated rings. The molecule has 158 valence electrons. The minimum absolute atomic E-state index is 0.0256. The fourth-order valence-electron chi connectivity index (χ4n) is 4.15. The molecule has 0 aliphatic heterocycles. The van der Waals surface area contributed by atoms with Crippen LogP contribution in [-0.4, -0.2) is 49.4 Å². The number of sulfonamides is 1. The van der Waals surface area contributed by atoms with Gasteiger partial charge in [-0.25, -0.2) is 13.1 Å². The predicted molar refractivity (Wildman–Crippen MR) is 116 cm³/mol. The summed E-state index contributed by atoms with van der Waals surface area (Å²) in [5.41, 5.74) is 4.42. The summed E-state index contributed by atoms with van der Waals surface area (Å²) in [6, 6.07) is 15.1. The molecule has 2 aromatic carbocycles. The number of benzene rings is 2. The first kappa shape index (κ1) is 20.6. The highest BCUT2D eigenvalue weighted by Crippen LogP contribution is 2.34. The fourth-order valence-corrected chi connectivity index (χ4v) is 5.56. The normalized spacial score (nSPS) is 18.5. The Labute approximate surface area is 175 Å². The highest BCUT2D eigenvalue weighted by molar-refractivity contribution is 7.89. The van der Waals surface area contributed by atoms with Crippen LogP contribution in [0.5, 0.6) is 0 Å². The van der Waals surface area contributed by atoms with E-state index < -0.39 is 10.0 Å². The molecule has 30 heavy (non-hydrogen) atoms. The van der Waals surface area contributed by atoms with E-state index >= 15 is 0 Å². The molecule has 3 aromatic rings. The Morgan fingerprint density at radius 1 is 1.20 bits per heavy atom. The molecular formula is C22H25N3O4S. The van der Waals surface area contributed by atoms with Crippen molar-refractivity contribution in [1.29, 1.82) is 0 Å². The second kappa shape index (κ2) is 8.22. The molecule has 2 atom stereocenters. The van der Waals surface area contributed by atoms with Crippen LogP contribution in [-0.2, 0) is 16.4 Å². The van der Waals surface area contributed by atoms with Crippen LogP contribution in [0.15, 0.2) is 48.5 Å². The molecular weight excluding hydrogens is 402 g/mol. The summed E-state index contributed by atoms with van der Waals surface area (Å²) in [4.78, 5) is 16.1. The summed E-state index contributed by atoms with van der Waals surface area (Å²) in [7, 11) is -3.60. The van der Waals surface area contributed by atoms with Crippen LogP contribution in [0.3, 0.4) is 0 Å². The maximum Gasteiger partial charge on any atom is 0.267 e. The van der Waals surface area contributed by atoms with Gasteiger partial charge in [-0.1, -0.05) is 35.9 Å². The predicted octanol–water partition coefficient (Wildman–Crippen LogP) is 1.83. The van der Waals surface area contributed by atoms with E-state index in [4.69, 9.17) is 5.11 Å². The molecule has 1 heterocycles. The van der Waals surface area contributed by atoms with Crippen molar-refractivity contribution in [2.24, 2.45) is 0 Å². The number of hydrogen-bond acceptors (Lipinski definition) is 4. The van der Waals surface area contributed by atoms with E-state index in [2.05, 4.69) is 15.0 Å². The Morgan fingerprint density at radius 2 is 2.00 bits per heavy atom. The lowest BCUT2D eigenvalue weighted by Crippen LogP contribution is -2.42. The molecule has 1 aliphatic rings. The van der Waals surface area contributed by atoms with Crippen molar-refractivity contribution in [2.75, 3.05) is 18.9 Å². The number of aryl methyl sites for hydroxylation is 1. The van der Waals surface area contributed by atoms with Gasteiger partial charge in [0.1, 0.15) is 5.69 Å². The van der Waals surface area contributed by atoms with Crippen molar-refractivity contribution >= 4 is 26.8 Å². The average molecular weight is 428 g/mol. The van der Waals surface area contributed by atoms with Crippen LogP contribution in [0.1, 0.15) is 33.1 Å². The molecule has 4 N–H and O–H groups in total. The van der Waals surface area contributed by atoms with E-state index in [0.717, 1.165) is 27.6 Å². The van der Waals surface area contributed by atoms with Crippen molar-refractivity contribution in [3.63, 3.8) is 0 Å². The summed E-state index contributed by atoms with van der Waals surface area (Å²) in [5, 5.41) is 12.9. The molecule has 8 heteroatoms. The number of aliphatic hydroxyl groups is 1. The van der Waals surface area contributed by atoms with Crippen LogP contribution >= 0.6 is 0 Å². The zero-order chi connectivity index (χ0) is 21.3. The standard InChI is InChI=1S/C22H25N3O4S/c1-14-6-7-19-16(10-14)12-21(24-19)22(27)25-20-11-15-4-2-3-5-17(15)18(20)13-30(28,29)23-8-9-26/h2-7,10,12,18,20,23-24,26H,8-9,11,13H2,1H3,(H,25,27)/t18-,20-/m1/s1. The number of carbonyl (C=O) groups is 1. The fraction of sp³-hybridized carbons (Fsp3) is 0.318. The molecule has 0 radical (unpaired) electrons. The van der Waals surface area contributed by atoms with Crippen molar-refractivity contribution in [1.82, 2.24) is 15.0 Å². The van der Waals surface area contributed by atoms with Crippen molar-refractivity contribution in [3.8, 4) is 0 Å². The average Bonchev–Trinajstić information content (AvgIpc) is 3.27. The second-order valence-electron chi connectivity index (χ2n) is 7.76. The van der Waals surface area contributed by atoms with Crippen LogP contribution in [0.25, 0.3) is 10.9 Å². The molecule has 1 aliphatic carbocycles. The maximum atomic E-state index is 12.9. The third-order valence-electron chi connectivity index (χ3n) is 5.55. The largest absolute Gasteiger partial charge is 0.395 e. The van der Waals surface area contributed by atoms with E-state index in [1.165, 1.54) is 0 Å². The minimum atomic E-state index is -3.60. The van der Waals surface area contributed by atoms with Gasteiger partial charge in [0.2, 0.25) is 10.0 Å². The van der Waals surface area contributed by atoms with Gasteiger partial charge in [-0.05, 0) is 42.7 Å². The summed E-state index contributed by atoms with van der Waals surface area (Å²) in [5.74, 6) is -0.777. The first-order chi connectivity index (χ1) is 14.4. The van der Waals surface area contributed by atoms with Crippen LogP contribution in [0.2, 0.25) is 0 Å². The van der Waals surface area contributed by atoms with E-state index in [-0.39, 0.29) is 36.8 Å². The number of nitrogens with one attached hydrogen (secondary N) is 3. The van der Waals surface area contributed by atoms with Gasteiger partial charge in [-0.15, -0.1) is 0 Å². The smallest absolute Gasteiger partial charge is 0.267 e. The summed E-state index contributed by atoms with van der Waals surface area (Å²) < 4.78 is 27.3. The second-order valence-corrected chi connectivity index (χ2v) is 9.61. The lowest BCUT2D eigenvalue weighted by molar-refractivity contribution is 0.0930. The summed E-state index contributed by atoms with van der Waals surface area (Å²) >= 11 is 0. The van der Waals surface area contributed by atoms with Gasteiger partial charge in [-0.3, -0.25) is 4.79 Å². The molecule has 4 rings (SSSR count). The van der Waals surface area contributed by atoms with Gasteiger partial charge in [0.05, 0.1) is 12.4 Å². The molecule has 0 saturated carbocycles. The van der Waals surface area contributed by atoms with Gasteiger partial charge in [-0.2, -0.15) is 0 Å². The molecule has 0 bridgehead atoms. The quantitative estimate of drug-likeness (QED) is 0.461. The number of aromatic amines is 1. The van der Waals surface area contributed by atoms with Gasteiger partial charge >= 0.3 is 0 Å². The topological polar surface area (TPSA) is 111 Å². The van der Waals surface area contributed by atoms with Crippen molar-refractivity contribution in [3.05, 3.63) is 70.9 Å².